The minimum absolute atomic E-state index is 0.0815. The fraction of sp³-hybridized carbons (Fsp3) is 0.176. The number of nitrogens with zero attached hydrogens (tertiary/aromatic N) is 5. The number of aromatic nitrogens is 5. The van der Waals surface area contributed by atoms with Gasteiger partial charge < -0.3 is 9.88 Å². The maximum Gasteiger partial charge on any atom is 0.226 e. The van der Waals surface area contributed by atoms with Gasteiger partial charge in [-0.05, 0) is 57.1 Å². The maximum absolute atomic E-state index is 12.6. The van der Waals surface area contributed by atoms with Crippen LogP contribution in [0.25, 0.3) is 10.9 Å². The van der Waals surface area contributed by atoms with E-state index in [-0.39, 0.29) is 18.4 Å². The SMILES string of the molecule is Cn1ccc2cc(NC(=O)CC(c3ccsc3)n3cnnn3)ccc21. The van der Waals surface area contributed by atoms with Crippen molar-refractivity contribution in [3.63, 3.8) is 0 Å². The Bertz CT molecular complexity index is 955. The highest BCUT2D eigenvalue weighted by molar-refractivity contribution is 7.08. The summed E-state index contributed by atoms with van der Waals surface area (Å²) in [7, 11) is 2.00. The number of carbonyl (C=O) groups excluding carboxylic acids is 1. The molecule has 0 bridgehead atoms. The number of nitrogens with one attached hydrogen (secondary N) is 1. The third-order valence-electron chi connectivity index (χ3n) is 4.16. The maximum atomic E-state index is 12.6. The average molecular weight is 352 g/mol. The topological polar surface area (TPSA) is 77.6 Å². The smallest absolute Gasteiger partial charge is 0.226 e. The highest BCUT2D eigenvalue weighted by Gasteiger charge is 2.20. The van der Waals surface area contributed by atoms with Gasteiger partial charge in [-0.15, -0.1) is 5.10 Å². The first-order valence-corrected chi connectivity index (χ1v) is 8.74. The molecule has 0 saturated heterocycles. The van der Waals surface area contributed by atoms with Crippen molar-refractivity contribution in [2.45, 2.75) is 12.5 Å². The van der Waals surface area contributed by atoms with Crippen LogP contribution < -0.4 is 5.32 Å². The molecule has 0 radical (unpaired) electrons. The molecule has 7 nitrogen and oxygen atoms in total. The zero-order valence-corrected chi connectivity index (χ0v) is 14.3. The van der Waals surface area contributed by atoms with Crippen molar-refractivity contribution in [2.75, 3.05) is 5.32 Å². The van der Waals surface area contributed by atoms with Crippen molar-refractivity contribution < 1.29 is 4.79 Å². The van der Waals surface area contributed by atoms with Gasteiger partial charge in [0, 0.05) is 29.8 Å². The molecule has 25 heavy (non-hydrogen) atoms. The van der Waals surface area contributed by atoms with E-state index in [0.717, 1.165) is 22.2 Å². The van der Waals surface area contributed by atoms with Crippen molar-refractivity contribution in [1.82, 2.24) is 24.8 Å². The number of tetrazole rings is 1. The summed E-state index contributed by atoms with van der Waals surface area (Å²) < 4.78 is 3.66. The van der Waals surface area contributed by atoms with E-state index in [2.05, 4.69) is 20.8 Å². The zero-order chi connectivity index (χ0) is 17.2. The lowest BCUT2D eigenvalue weighted by Gasteiger charge is -2.15. The van der Waals surface area contributed by atoms with Crippen LogP contribution in [0.15, 0.2) is 53.6 Å². The van der Waals surface area contributed by atoms with Gasteiger partial charge in [0.25, 0.3) is 0 Å². The fourth-order valence-electron chi connectivity index (χ4n) is 2.89. The van der Waals surface area contributed by atoms with Gasteiger partial charge in [-0.1, -0.05) is 0 Å². The van der Waals surface area contributed by atoms with Crippen molar-refractivity contribution >= 4 is 33.8 Å². The number of benzene rings is 1. The van der Waals surface area contributed by atoms with Crippen molar-refractivity contribution in [1.29, 1.82) is 0 Å². The Morgan fingerprint density at radius 2 is 2.24 bits per heavy atom. The Morgan fingerprint density at radius 3 is 3.00 bits per heavy atom. The summed E-state index contributed by atoms with van der Waals surface area (Å²) in [6, 6.07) is 9.69. The van der Waals surface area contributed by atoms with Gasteiger partial charge in [0.15, 0.2) is 0 Å². The minimum atomic E-state index is -0.221. The molecule has 8 heteroatoms. The molecule has 0 spiro atoms. The molecule has 3 heterocycles. The van der Waals surface area contributed by atoms with Crippen LogP contribution in [0.2, 0.25) is 0 Å². The Labute approximate surface area is 147 Å². The van der Waals surface area contributed by atoms with E-state index in [0.29, 0.717) is 0 Å². The average Bonchev–Trinajstić information content (AvgIpc) is 3.35. The third kappa shape index (κ3) is 3.16. The van der Waals surface area contributed by atoms with E-state index in [9.17, 15) is 4.79 Å². The number of hydrogen-bond acceptors (Lipinski definition) is 5. The molecular weight excluding hydrogens is 336 g/mol. The molecule has 126 valence electrons. The van der Waals surface area contributed by atoms with Crippen LogP contribution in [-0.2, 0) is 11.8 Å². The Hall–Kier alpha value is -3.00. The van der Waals surface area contributed by atoms with Crippen LogP contribution >= 0.6 is 11.3 Å². The van der Waals surface area contributed by atoms with Gasteiger partial charge in [0.1, 0.15) is 6.33 Å². The molecule has 3 aromatic heterocycles. The monoisotopic (exact) mass is 352 g/mol. The van der Waals surface area contributed by atoms with Gasteiger partial charge in [-0.25, -0.2) is 4.68 Å². The summed E-state index contributed by atoms with van der Waals surface area (Å²) in [6.07, 6.45) is 3.79. The second kappa shape index (κ2) is 6.48. The molecule has 4 aromatic rings. The molecule has 1 atom stereocenters. The summed E-state index contributed by atoms with van der Waals surface area (Å²) in [5.74, 6) is -0.0815. The molecule has 1 unspecified atom stereocenters. The summed E-state index contributed by atoms with van der Waals surface area (Å²) in [5.41, 5.74) is 2.93. The van der Waals surface area contributed by atoms with Gasteiger partial charge in [0.2, 0.25) is 5.91 Å². The molecule has 1 aromatic carbocycles. The van der Waals surface area contributed by atoms with E-state index >= 15 is 0 Å². The normalized spacial score (nSPS) is 12.4. The summed E-state index contributed by atoms with van der Waals surface area (Å²) in [4.78, 5) is 12.6. The van der Waals surface area contributed by atoms with E-state index in [1.54, 1.807) is 16.0 Å². The highest BCUT2D eigenvalue weighted by atomic mass is 32.1. The number of fused-ring (bicyclic) bond motifs is 1. The number of anilines is 1. The summed E-state index contributed by atoms with van der Waals surface area (Å²) >= 11 is 1.58. The van der Waals surface area contributed by atoms with Crippen molar-refractivity contribution in [2.24, 2.45) is 7.05 Å². The quantitative estimate of drug-likeness (QED) is 0.599. The van der Waals surface area contributed by atoms with Crippen LogP contribution in [0.1, 0.15) is 18.0 Å². The molecular formula is C17H16N6OS. The predicted octanol–water partition coefficient (Wildman–Crippen LogP) is 2.84. The summed E-state index contributed by atoms with van der Waals surface area (Å²) in [5, 5.41) is 19.4. The number of thiophene rings is 1. The lowest BCUT2D eigenvalue weighted by Crippen LogP contribution is -2.20. The standard InChI is InChI=1S/C17H16N6OS/c1-22-6-4-12-8-14(2-3-15(12)22)19-17(24)9-16(13-5-7-25-10-13)23-11-18-20-21-23/h2-8,10-11,16H,9H2,1H3,(H,19,24). The second-order valence-electron chi connectivity index (χ2n) is 5.81. The number of hydrogen-bond donors (Lipinski definition) is 1. The first-order chi connectivity index (χ1) is 12.2. The van der Waals surface area contributed by atoms with Crippen LogP contribution in [0.5, 0.6) is 0 Å². The lowest BCUT2D eigenvalue weighted by molar-refractivity contribution is -0.116. The Morgan fingerprint density at radius 1 is 1.32 bits per heavy atom. The van der Waals surface area contributed by atoms with E-state index in [1.807, 2.05) is 58.9 Å². The Balaban J connectivity index is 1.53. The van der Waals surface area contributed by atoms with Crippen molar-refractivity contribution in [3.8, 4) is 0 Å². The first-order valence-electron chi connectivity index (χ1n) is 7.80. The van der Waals surface area contributed by atoms with E-state index < -0.39 is 0 Å². The molecule has 0 saturated carbocycles. The van der Waals surface area contributed by atoms with Crippen LogP contribution in [0.3, 0.4) is 0 Å². The van der Waals surface area contributed by atoms with Gasteiger partial charge in [-0.3, -0.25) is 4.79 Å². The largest absolute Gasteiger partial charge is 0.351 e. The van der Waals surface area contributed by atoms with Gasteiger partial charge >= 0.3 is 0 Å². The summed E-state index contributed by atoms with van der Waals surface area (Å²) in [6.45, 7) is 0. The molecule has 1 amide bonds. The molecule has 0 aliphatic heterocycles. The lowest BCUT2D eigenvalue weighted by atomic mass is 10.1. The molecule has 0 aliphatic carbocycles. The first kappa shape index (κ1) is 15.5. The predicted molar refractivity (Wildman–Crippen MR) is 96.4 cm³/mol. The number of amides is 1. The van der Waals surface area contributed by atoms with Crippen LogP contribution in [-0.4, -0.2) is 30.7 Å². The Kier molecular flexibility index (Phi) is 4.02. The zero-order valence-electron chi connectivity index (χ0n) is 13.5. The second-order valence-corrected chi connectivity index (χ2v) is 6.59. The third-order valence-corrected chi connectivity index (χ3v) is 4.86. The molecule has 4 rings (SSSR count). The van der Waals surface area contributed by atoms with E-state index in [4.69, 9.17) is 0 Å². The number of rotatable bonds is 5. The fourth-order valence-corrected chi connectivity index (χ4v) is 3.59. The highest BCUT2D eigenvalue weighted by Crippen LogP contribution is 2.25. The molecule has 0 fully saturated rings. The van der Waals surface area contributed by atoms with Crippen LogP contribution in [0, 0.1) is 0 Å². The van der Waals surface area contributed by atoms with E-state index in [1.165, 1.54) is 6.33 Å². The van der Waals surface area contributed by atoms with Gasteiger partial charge in [0.05, 0.1) is 12.5 Å². The minimum Gasteiger partial charge on any atom is -0.351 e. The van der Waals surface area contributed by atoms with Crippen molar-refractivity contribution in [3.05, 3.63) is 59.2 Å². The van der Waals surface area contributed by atoms with Gasteiger partial charge in [-0.2, -0.15) is 11.3 Å². The van der Waals surface area contributed by atoms with Crippen LogP contribution in [0.4, 0.5) is 5.69 Å². The number of carbonyl (C=O) groups is 1. The number of aryl methyl sites for hydroxylation is 1. The molecule has 1 N–H and O–H groups in total. The molecule has 0 aliphatic rings.